The molecule has 1 aromatic carbocycles. The third-order valence-corrected chi connectivity index (χ3v) is 20.5. The van der Waals surface area contributed by atoms with Crippen molar-refractivity contribution in [2.45, 2.75) is 171 Å². The highest BCUT2D eigenvalue weighted by Gasteiger charge is 2.44. The molecule has 13 amide bonds. The van der Waals surface area contributed by atoms with Crippen molar-refractivity contribution in [1.82, 2.24) is 73.4 Å². The van der Waals surface area contributed by atoms with Crippen LogP contribution in [-0.4, -0.2) is 230 Å². The number of amides is 13. The summed E-state index contributed by atoms with van der Waals surface area (Å²) >= 11 is 0. The van der Waals surface area contributed by atoms with Crippen LogP contribution in [0.5, 0.6) is 5.75 Å². The monoisotopic (exact) mass is 1430 g/mol. The second-order valence-corrected chi connectivity index (χ2v) is 29.7. The third kappa shape index (κ3) is 27.4. The minimum Gasteiger partial charge on any atom is -0.508 e. The molecule has 0 spiro atoms. The number of nitrogens with one attached hydrogen (secondary N) is 12. The van der Waals surface area contributed by atoms with Gasteiger partial charge in [-0.3, -0.25) is 62.3 Å². The summed E-state index contributed by atoms with van der Waals surface area (Å²) in [6, 6.07) is -9.40. The Labute approximate surface area is 578 Å². The zero-order chi connectivity index (χ0) is 71.3. The van der Waals surface area contributed by atoms with Gasteiger partial charge < -0.3 is 102 Å². The van der Waals surface area contributed by atoms with E-state index in [1.807, 2.05) is 0 Å². The second kappa shape index (κ2) is 41.1. The van der Waals surface area contributed by atoms with Crippen molar-refractivity contribution in [3.05, 3.63) is 48.0 Å². The molecule has 0 unspecified atom stereocenters. The molecular formula is C60H94N18O15S4. The quantitative estimate of drug-likeness (QED) is 0.0368. The molecule has 22 N–H and O–H groups in total. The minimum absolute atomic E-state index is 0.00580. The van der Waals surface area contributed by atoms with E-state index in [-0.39, 0.29) is 79.7 Å². The van der Waals surface area contributed by atoms with E-state index in [2.05, 4.69) is 68.5 Å². The summed E-state index contributed by atoms with van der Waals surface area (Å²) in [4.78, 5) is 193. The molecule has 538 valence electrons. The fraction of sp³-hybridized carbons (Fsp3) is 0.633. The molecule has 37 heteroatoms. The Morgan fingerprint density at radius 2 is 1.31 bits per heavy atom. The van der Waals surface area contributed by atoms with Crippen LogP contribution in [0, 0.1) is 11.8 Å². The van der Waals surface area contributed by atoms with E-state index < -0.39 is 175 Å². The number of benzene rings is 1. The molecule has 2 bridgehead atoms. The number of hydrogen-bond donors (Lipinski definition) is 18. The summed E-state index contributed by atoms with van der Waals surface area (Å²) in [7, 11) is 3.70. The lowest BCUT2D eigenvalue weighted by molar-refractivity contribution is -0.142. The van der Waals surface area contributed by atoms with E-state index in [9.17, 15) is 72.5 Å². The summed E-state index contributed by atoms with van der Waals surface area (Å²) in [5, 5.41) is 50.0. The smallest absolute Gasteiger partial charge is 0.246 e. The summed E-state index contributed by atoms with van der Waals surface area (Å²) in [6.45, 7) is 5.72. The lowest BCUT2D eigenvalue weighted by atomic mass is 10.0. The Morgan fingerprint density at radius 3 is 1.96 bits per heavy atom. The van der Waals surface area contributed by atoms with Gasteiger partial charge in [0, 0.05) is 73.2 Å². The molecule has 12 atom stereocenters. The zero-order valence-corrected chi connectivity index (χ0v) is 58.0. The number of rotatable bonds is 23. The Balaban J connectivity index is 1.59. The number of carbonyl (C=O) groups excluding carboxylic acids is 13. The maximum absolute atomic E-state index is 15.0. The molecule has 33 nitrogen and oxygen atoms in total. The number of fused-ring (bicyclic) bond motifs is 6. The van der Waals surface area contributed by atoms with Gasteiger partial charge in [0.25, 0.3) is 0 Å². The number of aromatic nitrogens is 2. The highest BCUT2D eigenvalue weighted by Crippen LogP contribution is 2.27. The van der Waals surface area contributed by atoms with Crippen LogP contribution >= 0.6 is 43.2 Å². The number of unbranched alkanes of at least 4 members (excludes halogenated alkanes) is 2. The Hall–Kier alpha value is -7.42. The summed E-state index contributed by atoms with van der Waals surface area (Å²) in [5.74, 6) is -13.6. The van der Waals surface area contributed by atoms with E-state index in [1.54, 1.807) is 27.7 Å². The van der Waals surface area contributed by atoms with Crippen LogP contribution < -0.4 is 81.4 Å². The number of H-pyrrole nitrogens is 1. The van der Waals surface area contributed by atoms with Gasteiger partial charge in [0.15, 0.2) is 0 Å². The molecule has 0 radical (unpaired) electrons. The molecule has 4 heterocycles. The first-order valence-electron chi connectivity index (χ1n) is 32.1. The van der Waals surface area contributed by atoms with E-state index in [4.69, 9.17) is 22.9 Å². The fourth-order valence-corrected chi connectivity index (χ4v) is 15.1. The number of imidazole rings is 1. The van der Waals surface area contributed by atoms with Crippen molar-refractivity contribution < 1.29 is 72.5 Å². The Kier molecular flexibility index (Phi) is 34.0. The average molecular weight is 1440 g/mol. The number of primary amides is 1. The lowest BCUT2D eigenvalue weighted by Crippen LogP contribution is -2.61. The maximum Gasteiger partial charge on any atom is 0.246 e. The number of aliphatic hydroxyl groups excluding tert-OH is 1. The lowest BCUT2D eigenvalue weighted by Gasteiger charge is -2.31. The van der Waals surface area contributed by atoms with Gasteiger partial charge in [-0.1, -0.05) is 89.4 Å². The molecule has 0 aliphatic carbocycles. The standard InChI is InChI=1S/C60H94N18O15S4/c1-31(2)17-39-54(87)75-44-28-97-95-27-43(52(85)67-24-48(82)69-40(18-33-11-13-36(79)14-12-33)55(88)70-38(53(86)71-39)10-6-8-16-62)74-57(90)45(76-59(92)50(32(3)4)77-49(83)23-66-47(81)19-34(63)9-5-7-15-61)29-96-94-26-42(51(64)84)73-58(91)46-21-37(80)25-78(46)60(93)41(72-56(44)89)20-35-22-65-30-68-35/h11-14,22,30-32,34,37-46,50,79-80H,5-10,15-21,23-29,61-63H2,1-4H3,(H2,64,84)(H,65,68)(H,66,81)(H,67,85)(H,69,82)(H,70,88)(H,71,86)(H,72,89)(H,73,91)(H,74,90)(H,75,87)(H,76,92)(H,77,83)/t34-,37+,38-,39-,40-,41-,42-,43-,44-,45-,46-,50-/m0/s1. The van der Waals surface area contributed by atoms with E-state index in [0.717, 1.165) is 54.5 Å². The number of carbonyl (C=O) groups is 13. The zero-order valence-electron chi connectivity index (χ0n) is 54.7. The maximum atomic E-state index is 15.0. The van der Waals surface area contributed by atoms with E-state index in [0.29, 0.717) is 43.5 Å². The first-order valence-corrected chi connectivity index (χ1v) is 37.1. The molecule has 3 aliphatic heterocycles. The topological polar surface area (TPSA) is 531 Å². The molecule has 97 heavy (non-hydrogen) atoms. The first-order chi connectivity index (χ1) is 46.2. The van der Waals surface area contributed by atoms with Crippen LogP contribution in [0.2, 0.25) is 0 Å². The molecule has 0 saturated carbocycles. The SMILES string of the molecule is CC(C)C[C@@H]1NC(=O)[C@H](CCCCN)NC(=O)[C@H](Cc2ccc(O)cc2)NC(=O)CNC(=O)[C@@H]2CSSC[C@H](NC1=O)C(=O)N[C@@H](Cc1cnc[nH]1)C(=O)N1C[C@H](O)C[C@H]1C(=O)N[C@H](C(N)=O)CSSC[C@H](NC(=O)[C@@H](NC(=O)CNC(=O)C[C@@H](N)CCCCN)C(C)C)C(=O)N2. The highest BCUT2D eigenvalue weighted by molar-refractivity contribution is 8.77. The number of hydrogen-bond acceptors (Lipinski definition) is 23. The van der Waals surface area contributed by atoms with Crippen molar-refractivity contribution in [3.63, 3.8) is 0 Å². The average Bonchev–Trinajstić information content (AvgIpc) is 1.65. The van der Waals surface area contributed by atoms with Gasteiger partial charge in [0.1, 0.15) is 66.2 Å². The number of aromatic hydroxyl groups is 1. The number of aliphatic hydroxyl groups is 1. The summed E-state index contributed by atoms with van der Waals surface area (Å²) in [6.07, 6.45) is 3.29. The van der Waals surface area contributed by atoms with Gasteiger partial charge in [0.2, 0.25) is 76.8 Å². The van der Waals surface area contributed by atoms with Gasteiger partial charge >= 0.3 is 0 Å². The molecule has 5 rings (SSSR count). The van der Waals surface area contributed by atoms with Crippen LogP contribution in [0.15, 0.2) is 36.8 Å². The van der Waals surface area contributed by atoms with Gasteiger partial charge in [-0.25, -0.2) is 4.98 Å². The summed E-state index contributed by atoms with van der Waals surface area (Å²) < 4.78 is 0. The fourth-order valence-electron chi connectivity index (χ4n) is 10.4. The number of phenols is 1. The minimum atomic E-state index is -1.59. The van der Waals surface area contributed by atoms with E-state index in [1.165, 1.54) is 36.8 Å². The van der Waals surface area contributed by atoms with Gasteiger partial charge in [0.05, 0.1) is 25.5 Å². The molecule has 1 aromatic heterocycles. The summed E-state index contributed by atoms with van der Waals surface area (Å²) in [5.41, 5.74) is 24.1. The van der Waals surface area contributed by atoms with Crippen LogP contribution in [0.25, 0.3) is 0 Å². The van der Waals surface area contributed by atoms with Crippen molar-refractivity contribution in [2.24, 2.45) is 34.8 Å². The molecular weight excluding hydrogens is 1340 g/mol. The predicted molar refractivity (Wildman–Crippen MR) is 365 cm³/mol. The van der Waals surface area contributed by atoms with E-state index >= 15 is 0 Å². The first kappa shape index (κ1) is 80.3. The second-order valence-electron chi connectivity index (χ2n) is 24.6. The van der Waals surface area contributed by atoms with Crippen molar-refractivity contribution in [2.75, 3.05) is 55.7 Å². The molecule has 3 aliphatic rings. The molecule has 2 aromatic rings. The van der Waals surface area contributed by atoms with Crippen LogP contribution in [0.1, 0.15) is 96.7 Å². The third-order valence-electron chi connectivity index (χ3n) is 15.7. The van der Waals surface area contributed by atoms with Gasteiger partial charge in [-0.05, 0) is 81.1 Å². The van der Waals surface area contributed by atoms with Crippen LogP contribution in [0.4, 0.5) is 0 Å². The number of nitrogens with zero attached hydrogens (tertiary/aromatic N) is 2. The van der Waals surface area contributed by atoms with Crippen molar-refractivity contribution in [3.8, 4) is 5.75 Å². The molecule has 3 fully saturated rings. The Morgan fingerprint density at radius 1 is 0.691 bits per heavy atom. The largest absolute Gasteiger partial charge is 0.508 e. The number of phenolic OH excluding ortho intramolecular Hbond substituents is 1. The van der Waals surface area contributed by atoms with Gasteiger partial charge in [-0.2, -0.15) is 0 Å². The van der Waals surface area contributed by atoms with Crippen LogP contribution in [-0.2, 0) is 75.2 Å². The predicted octanol–water partition coefficient (Wildman–Crippen LogP) is -4.59. The molecule has 3 saturated heterocycles. The van der Waals surface area contributed by atoms with Crippen molar-refractivity contribution >= 4 is 120 Å². The Bertz CT molecular complexity index is 3010. The normalized spacial score (nSPS) is 24.9. The van der Waals surface area contributed by atoms with Crippen molar-refractivity contribution in [1.29, 1.82) is 0 Å². The number of aromatic amines is 1. The van der Waals surface area contributed by atoms with Gasteiger partial charge in [-0.15, -0.1) is 0 Å². The number of nitrogens with two attached hydrogens (primary N) is 4. The van der Waals surface area contributed by atoms with Crippen LogP contribution in [0.3, 0.4) is 0 Å². The highest BCUT2D eigenvalue weighted by atomic mass is 33.1.